The third-order valence-electron chi connectivity index (χ3n) is 16.3. The summed E-state index contributed by atoms with van der Waals surface area (Å²) in [6.07, 6.45) is 7.03. The van der Waals surface area contributed by atoms with Gasteiger partial charge in [0.05, 0.1) is 73.4 Å². The fourth-order valence-corrected chi connectivity index (χ4v) is 11.3. The van der Waals surface area contributed by atoms with Crippen LogP contribution in [-0.2, 0) is 33.2 Å². The molecule has 2 aromatic carbocycles. The number of allylic oxidation sites excluding steroid dienone is 12. The van der Waals surface area contributed by atoms with Gasteiger partial charge in [0.1, 0.15) is 24.9 Å². The Morgan fingerprint density at radius 3 is 1.88 bits per heavy atom. The maximum absolute atomic E-state index is 13.6. The van der Waals surface area contributed by atoms with Crippen LogP contribution in [0.2, 0.25) is 0 Å². The lowest BCUT2D eigenvalue weighted by Crippen LogP contribution is -2.61. The summed E-state index contributed by atoms with van der Waals surface area (Å²) in [5.74, 6) is -4.16. The Morgan fingerprint density at radius 2 is 1.24 bits per heavy atom. The van der Waals surface area contributed by atoms with Gasteiger partial charge in [0.15, 0.2) is 12.1 Å². The van der Waals surface area contributed by atoms with E-state index in [1.807, 2.05) is 117 Å². The highest BCUT2D eigenvalue weighted by Crippen LogP contribution is 2.45. The van der Waals surface area contributed by atoms with Crippen molar-refractivity contribution in [2.24, 2.45) is 17.8 Å². The number of hydrogen-bond acceptors (Lipinski definition) is 17. The van der Waals surface area contributed by atoms with Crippen molar-refractivity contribution in [3.05, 3.63) is 145 Å². The number of carbonyl (C=O) groups is 3. The lowest BCUT2D eigenvalue weighted by atomic mass is 9.87. The van der Waals surface area contributed by atoms with E-state index in [0.29, 0.717) is 0 Å². The second-order valence-corrected chi connectivity index (χ2v) is 22.5. The second-order valence-electron chi connectivity index (χ2n) is 22.5. The summed E-state index contributed by atoms with van der Waals surface area (Å²) < 4.78 is 36.1. The van der Waals surface area contributed by atoms with E-state index in [0.717, 1.165) is 22.3 Å². The minimum Gasteiger partial charge on any atom is -0.462 e. The Hall–Kier alpha value is -5.81. The van der Waals surface area contributed by atoms with Crippen molar-refractivity contribution < 1.29 is 83.7 Å². The third-order valence-corrected chi connectivity index (χ3v) is 16.3. The van der Waals surface area contributed by atoms with Gasteiger partial charge in [-0.15, -0.1) is 0 Å². The highest BCUT2D eigenvalue weighted by atomic mass is 16.7. The number of amides is 2. The number of esters is 1. The molecule has 2 bridgehead atoms. The SMILES string of the molecule is CC1OC(O[C@H]2/C=C/C=C/C=C/C=C/C=C/C=C/C=C/[C@H](C)[C@@H](O)[C@@H](C)[C@H](C)OC(=O)C[C@H](O)C[C@H](O)CC[C@@H](O)[C@H](O)C[C@H](O)C[C@]3(O)CC4OC(=O)N[C@H]4[C@H](C2)O3)C(O)C(NC(=O)OCC2c3ccccc3-c3ccccc32)C1C. The van der Waals surface area contributed by atoms with Gasteiger partial charge in [0.2, 0.25) is 0 Å². The summed E-state index contributed by atoms with van der Waals surface area (Å²) in [6, 6.07) is 14.3. The number of rotatable bonds is 5. The minimum atomic E-state index is -2.13. The molecule has 0 saturated carbocycles. The van der Waals surface area contributed by atoms with Crippen molar-refractivity contribution in [2.45, 2.75) is 189 Å². The van der Waals surface area contributed by atoms with Crippen LogP contribution in [0.3, 0.4) is 0 Å². The van der Waals surface area contributed by atoms with Crippen LogP contribution >= 0.6 is 0 Å². The predicted octanol–water partition coefficient (Wildman–Crippen LogP) is 5.98. The molecule has 448 valence electrons. The van der Waals surface area contributed by atoms with Crippen LogP contribution in [-0.4, -0.2) is 163 Å². The van der Waals surface area contributed by atoms with Gasteiger partial charge in [-0.05, 0) is 55.4 Å². The number of benzene rings is 2. The van der Waals surface area contributed by atoms with Gasteiger partial charge in [0.25, 0.3) is 0 Å². The maximum atomic E-state index is 13.6. The van der Waals surface area contributed by atoms with Crippen molar-refractivity contribution in [1.82, 2.24) is 10.6 Å². The smallest absolute Gasteiger partial charge is 0.407 e. The van der Waals surface area contributed by atoms with E-state index in [2.05, 4.69) is 10.6 Å². The molecule has 0 spiro atoms. The monoisotopic (exact) mass is 1140 g/mol. The lowest BCUT2D eigenvalue weighted by molar-refractivity contribution is -0.296. The Morgan fingerprint density at radius 1 is 0.646 bits per heavy atom. The first-order chi connectivity index (χ1) is 39.2. The molecule has 7 rings (SSSR count). The van der Waals surface area contributed by atoms with Crippen LogP contribution in [0, 0.1) is 17.8 Å². The number of fused-ring (bicyclic) bond motifs is 7. The van der Waals surface area contributed by atoms with E-state index in [-0.39, 0.29) is 50.5 Å². The summed E-state index contributed by atoms with van der Waals surface area (Å²) in [6.45, 7) is 8.96. The van der Waals surface area contributed by atoms with E-state index >= 15 is 0 Å². The van der Waals surface area contributed by atoms with E-state index in [4.69, 9.17) is 28.4 Å². The van der Waals surface area contributed by atoms with Crippen LogP contribution in [0.5, 0.6) is 0 Å². The molecule has 3 saturated heterocycles. The average Bonchev–Trinajstić information content (AvgIpc) is 4.19. The molecule has 0 radical (unpaired) electrons. The van der Waals surface area contributed by atoms with Crippen molar-refractivity contribution in [2.75, 3.05) is 6.61 Å². The van der Waals surface area contributed by atoms with Gasteiger partial charge >= 0.3 is 18.2 Å². The van der Waals surface area contributed by atoms with E-state index in [1.165, 1.54) is 0 Å². The standard InChI is InChI=1S/C63H84N2O17/c1-37-22-16-14-12-10-8-6-7-9-11-13-15-17-23-45(80-60-59(73)56(38(2)40(4)79-60)64-61(74)77-36-50-48-26-20-18-24-46(48)47-25-19-21-27-49(47)50)33-53-57-54(81-62(75)65-57)35-63(76,82-53)34-44(68)31-52(70)51(69)29-28-42(66)30-43(67)32-55(71)78-41(5)39(3)58(37)72/h6-27,37-45,50-54,56-60,66-70,72-73,76H,28-36H2,1-5H3,(H,64,74)(H,65,75)/b7-6+,10-8+,11-9+,14-12+,15-13+,22-16+,23-17+/t37-,38?,39-,40?,41-,42+,43+,44-,45-,51+,52+,53-,54?,56?,57-,58+,59?,60?,63+/m0/s1. The number of nitrogens with one attached hydrogen (secondary N) is 2. The Bertz CT molecular complexity index is 2590. The van der Waals surface area contributed by atoms with E-state index < -0.39 is 147 Å². The molecule has 19 atom stereocenters. The van der Waals surface area contributed by atoms with Gasteiger partial charge < -0.3 is 79.9 Å². The molecule has 4 heterocycles. The number of alkyl carbamates (subject to hydrolysis) is 2. The molecule has 82 heavy (non-hydrogen) atoms. The highest BCUT2D eigenvalue weighted by Gasteiger charge is 2.53. The van der Waals surface area contributed by atoms with Gasteiger partial charge in [-0.25, -0.2) is 9.59 Å². The fourth-order valence-electron chi connectivity index (χ4n) is 11.3. The molecule has 1 aliphatic carbocycles. The van der Waals surface area contributed by atoms with Crippen molar-refractivity contribution in [3.8, 4) is 11.1 Å². The van der Waals surface area contributed by atoms with Gasteiger partial charge in [-0.2, -0.15) is 0 Å². The molecular weight excluding hydrogens is 1060 g/mol. The highest BCUT2D eigenvalue weighted by molar-refractivity contribution is 5.79. The summed E-state index contributed by atoms with van der Waals surface area (Å²) in [5, 5.41) is 95.1. The number of hydrogen-bond donors (Lipinski definition) is 10. The number of carbonyl (C=O) groups excluding carboxylic acids is 3. The largest absolute Gasteiger partial charge is 0.462 e. The molecule has 3 fully saturated rings. The molecule has 10 N–H and O–H groups in total. The van der Waals surface area contributed by atoms with Crippen molar-refractivity contribution in [3.63, 3.8) is 0 Å². The van der Waals surface area contributed by atoms with Gasteiger partial charge in [-0.3, -0.25) is 4.79 Å². The summed E-state index contributed by atoms with van der Waals surface area (Å²) >= 11 is 0. The zero-order chi connectivity index (χ0) is 59.1. The number of aliphatic hydroxyl groups is 8. The lowest BCUT2D eigenvalue weighted by Gasteiger charge is -2.45. The molecule has 19 nitrogen and oxygen atoms in total. The molecule has 19 heteroatoms. The first kappa shape index (κ1) is 63.8. The number of cyclic esters (lactones) is 1. The molecule has 4 aliphatic heterocycles. The molecule has 6 unspecified atom stereocenters. The Kier molecular flexibility index (Phi) is 23.4. The molecule has 2 aromatic rings. The fraction of sp³-hybridized carbons (Fsp3) is 0.540. The first-order valence-electron chi connectivity index (χ1n) is 28.6. The predicted molar refractivity (Wildman–Crippen MR) is 304 cm³/mol. The van der Waals surface area contributed by atoms with Gasteiger partial charge in [-0.1, -0.05) is 154 Å². The molecule has 2 amide bonds. The molecular formula is C63H84N2O17. The normalized spacial score (nSPS) is 39.5. The van der Waals surface area contributed by atoms with E-state index in [1.54, 1.807) is 51.2 Å². The molecule has 5 aliphatic rings. The number of aliphatic hydroxyl groups excluding tert-OH is 7. The maximum Gasteiger partial charge on any atom is 0.407 e. The quantitative estimate of drug-likeness (QED) is 0.122. The molecule has 0 aromatic heterocycles. The van der Waals surface area contributed by atoms with Crippen molar-refractivity contribution in [1.29, 1.82) is 0 Å². The second kappa shape index (κ2) is 30.1. The van der Waals surface area contributed by atoms with Crippen LogP contribution in [0.4, 0.5) is 9.59 Å². The van der Waals surface area contributed by atoms with Crippen molar-refractivity contribution >= 4 is 18.2 Å². The Balaban J connectivity index is 1.07. The topological polar surface area (TPSA) is 292 Å². The average molecular weight is 1140 g/mol. The zero-order valence-electron chi connectivity index (χ0n) is 47.3. The first-order valence-corrected chi connectivity index (χ1v) is 28.6. The minimum absolute atomic E-state index is 0.0590. The van der Waals surface area contributed by atoms with Crippen LogP contribution in [0.1, 0.15) is 103 Å². The summed E-state index contributed by atoms with van der Waals surface area (Å²) in [7, 11) is 0. The number of ether oxygens (including phenoxy) is 6. The van der Waals surface area contributed by atoms with Gasteiger partial charge in [0, 0.05) is 49.4 Å². The van der Waals surface area contributed by atoms with Crippen LogP contribution < -0.4 is 10.6 Å². The van der Waals surface area contributed by atoms with Crippen LogP contribution in [0.25, 0.3) is 11.1 Å². The van der Waals surface area contributed by atoms with Crippen LogP contribution in [0.15, 0.2) is 134 Å². The Labute approximate surface area is 480 Å². The summed E-state index contributed by atoms with van der Waals surface area (Å²) in [5.41, 5.74) is 4.26. The van der Waals surface area contributed by atoms with E-state index in [9.17, 15) is 55.2 Å². The summed E-state index contributed by atoms with van der Waals surface area (Å²) in [4.78, 5) is 39.2. The zero-order valence-corrected chi connectivity index (χ0v) is 47.3. The third kappa shape index (κ3) is 17.6.